The number of allylic oxidation sites excluding steroid dienone is 2. The monoisotopic (exact) mass is 838 g/mol. The first-order valence-electron chi connectivity index (χ1n) is 23.4. The maximum absolute atomic E-state index is 14.5. The maximum Gasteiger partial charge on any atom is 0.313 e. The predicted octanol–water partition coefficient (Wildman–Crippen LogP) is 9.62. The van der Waals surface area contributed by atoms with E-state index in [0.29, 0.717) is 18.4 Å². The number of esters is 1. The van der Waals surface area contributed by atoms with Gasteiger partial charge in [-0.2, -0.15) is 0 Å². The lowest BCUT2D eigenvalue weighted by molar-refractivity contribution is -0.357. The molecule has 7 aliphatic rings. The first kappa shape index (κ1) is 43.2. The van der Waals surface area contributed by atoms with Gasteiger partial charge < -0.3 is 34.1 Å². The minimum Gasteiger partial charge on any atom is -0.460 e. The average Bonchev–Trinajstić information content (AvgIpc) is 3.23. The van der Waals surface area contributed by atoms with Crippen LogP contribution in [0.25, 0.3) is 0 Å². The van der Waals surface area contributed by atoms with Gasteiger partial charge in [0.15, 0.2) is 12.6 Å². The molecule has 0 aromatic heterocycles. The Hall–Kier alpha value is -3.08. The van der Waals surface area contributed by atoms with Gasteiger partial charge in [-0.15, -0.1) is 0 Å². The number of hydrogen-bond donors (Lipinski definition) is 2. The summed E-state index contributed by atoms with van der Waals surface area (Å²) >= 11 is 0. The number of rotatable bonds is 7. The summed E-state index contributed by atoms with van der Waals surface area (Å²) < 4.78 is 32.4. The minimum atomic E-state index is -1.05. The van der Waals surface area contributed by atoms with Crippen LogP contribution in [-0.2, 0) is 39.9 Å². The Balaban J connectivity index is 0.949. The van der Waals surface area contributed by atoms with E-state index in [0.717, 1.165) is 75.3 Å². The predicted molar refractivity (Wildman–Crippen MR) is 232 cm³/mol. The Morgan fingerprint density at radius 2 is 1.54 bits per heavy atom. The van der Waals surface area contributed by atoms with E-state index in [1.807, 2.05) is 60.7 Å². The zero-order valence-corrected chi connectivity index (χ0v) is 37.9. The van der Waals surface area contributed by atoms with Gasteiger partial charge in [0.05, 0.1) is 18.1 Å². The number of carbonyl (C=O) groups is 2. The fourth-order valence-corrected chi connectivity index (χ4v) is 14.7. The highest BCUT2D eigenvalue weighted by Crippen LogP contribution is 2.76. The molecular formula is C52H71NO8. The van der Waals surface area contributed by atoms with Gasteiger partial charge in [-0.3, -0.25) is 9.59 Å². The SMILES string of the molecule is CC(=O)N[C@H]1[C@H](O[C@H]2CC[C@]3(C)[C@H]4CC=C5[C@H]6CC(C)(C)CC[C@]6(C(=O)OCc6ccccc6)CC[C@@]5(C)[C@]4(C)CC[C@H]3C2(C)C)O[C@@H]2CO[C@@H](c3ccccc3)O[C@H]2[C@@H]1O. The van der Waals surface area contributed by atoms with Crippen LogP contribution in [0, 0.1) is 50.2 Å². The molecule has 2 saturated heterocycles. The molecule has 332 valence electrons. The third-order valence-corrected chi connectivity index (χ3v) is 18.3. The van der Waals surface area contributed by atoms with Crippen LogP contribution >= 0.6 is 0 Å². The van der Waals surface area contributed by atoms with E-state index in [1.54, 1.807) is 5.57 Å². The van der Waals surface area contributed by atoms with Crippen molar-refractivity contribution in [2.75, 3.05) is 6.61 Å². The molecule has 61 heavy (non-hydrogen) atoms. The van der Waals surface area contributed by atoms with Gasteiger partial charge in [-0.05, 0) is 115 Å². The number of fused-ring (bicyclic) bond motifs is 8. The minimum absolute atomic E-state index is 0.00784. The van der Waals surface area contributed by atoms with Crippen LogP contribution in [0.3, 0.4) is 0 Å². The highest BCUT2D eigenvalue weighted by Gasteiger charge is 2.70. The van der Waals surface area contributed by atoms with Crippen molar-refractivity contribution in [3.63, 3.8) is 0 Å². The van der Waals surface area contributed by atoms with E-state index >= 15 is 0 Å². The van der Waals surface area contributed by atoms with Crippen molar-refractivity contribution in [1.82, 2.24) is 5.32 Å². The van der Waals surface area contributed by atoms with Crippen molar-refractivity contribution < 1.29 is 38.4 Å². The van der Waals surface area contributed by atoms with Crippen LogP contribution in [0.15, 0.2) is 72.3 Å². The van der Waals surface area contributed by atoms with Gasteiger partial charge in [0.2, 0.25) is 5.91 Å². The Kier molecular flexibility index (Phi) is 11.0. The van der Waals surface area contributed by atoms with Crippen LogP contribution in [0.1, 0.15) is 137 Å². The van der Waals surface area contributed by atoms with Crippen LogP contribution in [0.2, 0.25) is 0 Å². The van der Waals surface area contributed by atoms with Crippen molar-refractivity contribution in [2.45, 2.75) is 169 Å². The molecular weight excluding hydrogens is 767 g/mol. The second-order valence-electron chi connectivity index (χ2n) is 22.4. The summed E-state index contributed by atoms with van der Waals surface area (Å²) in [5.74, 6) is 0.818. The summed E-state index contributed by atoms with van der Waals surface area (Å²) in [6, 6.07) is 19.0. The average molecular weight is 838 g/mol. The molecule has 1 amide bonds. The maximum atomic E-state index is 14.5. The molecule has 2 aliphatic heterocycles. The van der Waals surface area contributed by atoms with Crippen molar-refractivity contribution in [2.24, 2.45) is 50.2 Å². The third-order valence-electron chi connectivity index (χ3n) is 18.3. The number of aliphatic hydroxyl groups is 1. The highest BCUT2D eigenvalue weighted by atomic mass is 16.7. The molecule has 9 nitrogen and oxygen atoms in total. The quantitative estimate of drug-likeness (QED) is 0.161. The Morgan fingerprint density at radius 3 is 2.26 bits per heavy atom. The van der Waals surface area contributed by atoms with Gasteiger partial charge in [0.1, 0.15) is 31.0 Å². The Bertz CT molecular complexity index is 1980. The topological polar surface area (TPSA) is 113 Å². The van der Waals surface area contributed by atoms with Crippen molar-refractivity contribution in [3.05, 3.63) is 83.4 Å². The van der Waals surface area contributed by atoms with Crippen molar-refractivity contribution in [1.29, 1.82) is 0 Å². The van der Waals surface area contributed by atoms with Crippen LogP contribution < -0.4 is 5.32 Å². The molecule has 2 N–H and O–H groups in total. The molecule has 6 fully saturated rings. The summed E-state index contributed by atoms with van der Waals surface area (Å²) in [6.45, 7) is 19.3. The number of amides is 1. The summed E-state index contributed by atoms with van der Waals surface area (Å²) in [6.07, 6.45) is 8.67. The molecule has 0 spiro atoms. The van der Waals surface area contributed by atoms with Gasteiger partial charge in [0.25, 0.3) is 0 Å². The number of hydrogen-bond acceptors (Lipinski definition) is 8. The molecule has 0 radical (unpaired) electrons. The molecule has 0 unspecified atom stereocenters. The molecule has 2 heterocycles. The summed E-state index contributed by atoms with van der Waals surface area (Å²) in [5, 5.41) is 14.8. The second kappa shape index (κ2) is 15.6. The molecule has 9 heteroatoms. The molecule has 9 rings (SSSR count). The molecule has 14 atom stereocenters. The first-order chi connectivity index (χ1) is 28.9. The fourth-order valence-electron chi connectivity index (χ4n) is 14.7. The normalized spacial score (nSPS) is 43.5. The van der Waals surface area contributed by atoms with Crippen molar-refractivity contribution in [3.8, 4) is 0 Å². The fraction of sp³-hybridized carbons (Fsp3) is 0.692. The first-order valence-corrected chi connectivity index (χ1v) is 23.4. The lowest BCUT2D eigenvalue weighted by atomic mass is 9.33. The number of aliphatic hydroxyl groups excluding tert-OH is 1. The standard InChI is InChI=1S/C52H71NO8/c1-32(54)53-41-42(55)43-37(31-57-44(61-43)34-17-13-10-14-18-34)59-45(41)60-40-22-23-49(6)38(48(40,4)5)21-24-51(8)39(49)20-19-35-36-29-47(2,3)25-27-52(36,28-26-50(35,51)7)46(56)58-30-33-15-11-9-12-16-33/h9-19,36-45,55H,20-31H2,1-8H3,(H,53,54)/t36-,37-,38+,39-,40+,41-,42-,43-,44-,45+,49+,50-,51-,52+/m1/s1. The molecule has 4 saturated carbocycles. The zero-order valence-electron chi connectivity index (χ0n) is 37.9. The van der Waals surface area contributed by atoms with Crippen LogP contribution in [0.5, 0.6) is 0 Å². The summed E-state index contributed by atoms with van der Waals surface area (Å²) in [5.41, 5.74) is 3.07. The summed E-state index contributed by atoms with van der Waals surface area (Å²) in [4.78, 5) is 27.1. The highest BCUT2D eigenvalue weighted by molar-refractivity contribution is 5.79. The zero-order chi connectivity index (χ0) is 43.2. The Labute approximate surface area is 364 Å². The van der Waals surface area contributed by atoms with E-state index in [2.05, 4.69) is 59.9 Å². The van der Waals surface area contributed by atoms with Crippen molar-refractivity contribution >= 4 is 11.9 Å². The molecule has 0 bridgehead atoms. The largest absolute Gasteiger partial charge is 0.460 e. The van der Waals surface area contributed by atoms with E-state index < -0.39 is 42.3 Å². The van der Waals surface area contributed by atoms with Gasteiger partial charge in [0, 0.05) is 12.5 Å². The van der Waals surface area contributed by atoms with Gasteiger partial charge >= 0.3 is 5.97 Å². The third kappa shape index (κ3) is 7.06. The number of ether oxygens (including phenoxy) is 5. The lowest BCUT2D eigenvalue weighted by Crippen LogP contribution is -2.68. The number of carbonyl (C=O) groups excluding carboxylic acids is 2. The molecule has 5 aliphatic carbocycles. The Morgan fingerprint density at radius 1 is 0.836 bits per heavy atom. The van der Waals surface area contributed by atoms with E-state index in [9.17, 15) is 14.7 Å². The molecule has 2 aromatic carbocycles. The van der Waals surface area contributed by atoms with Crippen LogP contribution in [-0.4, -0.2) is 60.3 Å². The van der Waals surface area contributed by atoms with Crippen LogP contribution in [0.4, 0.5) is 0 Å². The van der Waals surface area contributed by atoms with Gasteiger partial charge in [-0.25, -0.2) is 0 Å². The van der Waals surface area contributed by atoms with Gasteiger partial charge in [-0.1, -0.05) is 121 Å². The number of nitrogens with one attached hydrogen (secondary N) is 1. The summed E-state index contributed by atoms with van der Waals surface area (Å²) in [7, 11) is 0. The second-order valence-corrected chi connectivity index (χ2v) is 22.4. The van der Waals surface area contributed by atoms with E-state index in [1.165, 1.54) is 6.92 Å². The lowest BCUT2D eigenvalue weighted by Gasteiger charge is -2.71. The number of benzene rings is 2. The molecule has 2 aromatic rings. The smallest absolute Gasteiger partial charge is 0.313 e. The van der Waals surface area contributed by atoms with E-state index in [4.69, 9.17) is 23.7 Å². The van der Waals surface area contributed by atoms with E-state index in [-0.39, 0.29) is 57.6 Å².